The molecule has 0 saturated heterocycles. The molecule has 0 spiro atoms. The van der Waals surface area contributed by atoms with Crippen LogP contribution in [0.3, 0.4) is 0 Å². The smallest absolute Gasteiger partial charge is 0.221 e. The molecule has 0 saturated carbocycles. The van der Waals surface area contributed by atoms with Gasteiger partial charge in [0.05, 0.1) is 12.6 Å². The van der Waals surface area contributed by atoms with Crippen molar-refractivity contribution >= 4 is 11.6 Å². The Bertz CT molecular complexity index is 364. The van der Waals surface area contributed by atoms with Crippen LogP contribution >= 0.6 is 0 Å². The van der Waals surface area contributed by atoms with Gasteiger partial charge in [0.25, 0.3) is 0 Å². The second kappa shape index (κ2) is 4.91. The largest absolute Gasteiger partial charge is 0.394 e. The molecule has 0 bridgehead atoms. The highest BCUT2D eigenvalue weighted by Crippen LogP contribution is 2.19. The lowest BCUT2D eigenvalue weighted by molar-refractivity contribution is -0.114. The quantitative estimate of drug-likeness (QED) is 0.692. The molecule has 1 aromatic carbocycles. The zero-order chi connectivity index (χ0) is 11.4. The first-order chi connectivity index (χ1) is 7.04. The number of aliphatic hydroxyl groups is 1. The maximum absolute atomic E-state index is 10.8. The van der Waals surface area contributed by atoms with Crippen LogP contribution in [0, 0.1) is 6.92 Å². The van der Waals surface area contributed by atoms with Gasteiger partial charge in [0.2, 0.25) is 5.91 Å². The number of nitrogens with one attached hydrogen (secondary N) is 1. The second-order valence-corrected chi connectivity index (χ2v) is 3.54. The summed E-state index contributed by atoms with van der Waals surface area (Å²) in [5.41, 5.74) is 8.31. The molecule has 0 fully saturated rings. The van der Waals surface area contributed by atoms with Gasteiger partial charge in [-0.3, -0.25) is 4.79 Å². The van der Waals surface area contributed by atoms with Crippen molar-refractivity contribution in [2.24, 2.45) is 5.73 Å². The van der Waals surface area contributed by atoms with Crippen LogP contribution in [0.1, 0.15) is 24.1 Å². The third kappa shape index (κ3) is 3.04. The van der Waals surface area contributed by atoms with E-state index >= 15 is 0 Å². The van der Waals surface area contributed by atoms with Gasteiger partial charge in [-0.1, -0.05) is 6.07 Å². The molecule has 4 nitrogen and oxygen atoms in total. The van der Waals surface area contributed by atoms with Crippen molar-refractivity contribution in [3.05, 3.63) is 29.3 Å². The molecular weight excluding hydrogens is 192 g/mol. The third-order valence-corrected chi connectivity index (χ3v) is 2.19. The molecule has 1 amide bonds. The maximum Gasteiger partial charge on any atom is 0.221 e. The summed E-state index contributed by atoms with van der Waals surface area (Å²) in [5.74, 6) is -0.103. The summed E-state index contributed by atoms with van der Waals surface area (Å²) in [5, 5.41) is 11.6. The van der Waals surface area contributed by atoms with Crippen LogP contribution in [0.25, 0.3) is 0 Å². The van der Waals surface area contributed by atoms with Crippen molar-refractivity contribution in [2.45, 2.75) is 19.9 Å². The monoisotopic (exact) mass is 208 g/mol. The first-order valence-electron chi connectivity index (χ1n) is 4.79. The standard InChI is InChI=1S/C11H16N2O2/c1-7-5-9(13-8(2)15)3-4-10(7)11(12)6-14/h3-5,11,14H,6,12H2,1-2H3,(H,13,15)/t11-/m0/s1. The molecule has 1 atom stereocenters. The molecule has 0 heterocycles. The van der Waals surface area contributed by atoms with Gasteiger partial charge in [-0.25, -0.2) is 0 Å². The van der Waals surface area contributed by atoms with E-state index in [2.05, 4.69) is 5.32 Å². The summed E-state index contributed by atoms with van der Waals surface area (Å²) in [7, 11) is 0. The van der Waals surface area contributed by atoms with E-state index in [1.54, 1.807) is 6.07 Å². The van der Waals surface area contributed by atoms with Crippen LogP contribution in [0.2, 0.25) is 0 Å². The lowest BCUT2D eigenvalue weighted by Gasteiger charge is -2.13. The number of carbonyl (C=O) groups is 1. The molecule has 0 aromatic heterocycles. The zero-order valence-electron chi connectivity index (χ0n) is 8.95. The Morgan fingerprint density at radius 1 is 1.60 bits per heavy atom. The average molecular weight is 208 g/mol. The molecule has 82 valence electrons. The van der Waals surface area contributed by atoms with Gasteiger partial charge in [-0.05, 0) is 30.2 Å². The number of hydrogen-bond acceptors (Lipinski definition) is 3. The number of amides is 1. The van der Waals surface area contributed by atoms with Crippen LogP contribution in [0.15, 0.2) is 18.2 Å². The molecule has 0 radical (unpaired) electrons. The van der Waals surface area contributed by atoms with E-state index in [9.17, 15) is 4.79 Å². The fourth-order valence-electron chi connectivity index (χ4n) is 1.47. The number of aliphatic hydroxyl groups excluding tert-OH is 1. The zero-order valence-corrected chi connectivity index (χ0v) is 8.95. The normalized spacial score (nSPS) is 12.3. The summed E-state index contributed by atoms with van der Waals surface area (Å²) < 4.78 is 0. The molecule has 4 N–H and O–H groups in total. The van der Waals surface area contributed by atoms with E-state index in [0.29, 0.717) is 0 Å². The van der Waals surface area contributed by atoms with Crippen molar-refractivity contribution < 1.29 is 9.90 Å². The molecule has 0 aliphatic rings. The number of anilines is 1. The number of hydrogen-bond donors (Lipinski definition) is 3. The fourth-order valence-corrected chi connectivity index (χ4v) is 1.47. The summed E-state index contributed by atoms with van der Waals surface area (Å²) in [6.45, 7) is 3.28. The first-order valence-corrected chi connectivity index (χ1v) is 4.79. The molecular formula is C11H16N2O2. The molecule has 1 rings (SSSR count). The lowest BCUT2D eigenvalue weighted by Crippen LogP contribution is -2.16. The summed E-state index contributed by atoms with van der Waals surface area (Å²) in [6.07, 6.45) is 0. The maximum atomic E-state index is 10.8. The van der Waals surface area contributed by atoms with Crippen LogP contribution in [-0.2, 0) is 4.79 Å². The van der Waals surface area contributed by atoms with E-state index in [0.717, 1.165) is 16.8 Å². The van der Waals surface area contributed by atoms with Crippen molar-refractivity contribution in [2.75, 3.05) is 11.9 Å². The Morgan fingerprint density at radius 2 is 2.27 bits per heavy atom. The average Bonchev–Trinajstić information content (AvgIpc) is 2.16. The minimum absolute atomic E-state index is 0.0830. The van der Waals surface area contributed by atoms with Crippen LogP contribution < -0.4 is 11.1 Å². The highest BCUT2D eigenvalue weighted by atomic mass is 16.3. The van der Waals surface area contributed by atoms with E-state index in [4.69, 9.17) is 10.8 Å². The van der Waals surface area contributed by atoms with E-state index in [1.165, 1.54) is 6.92 Å². The SMILES string of the molecule is CC(=O)Nc1ccc([C@@H](N)CO)c(C)c1. The lowest BCUT2D eigenvalue weighted by atomic mass is 10.0. The number of nitrogens with two attached hydrogens (primary N) is 1. The van der Waals surface area contributed by atoms with Crippen molar-refractivity contribution in [3.63, 3.8) is 0 Å². The topological polar surface area (TPSA) is 75.4 Å². The molecule has 1 aromatic rings. The molecule has 4 heteroatoms. The van der Waals surface area contributed by atoms with Crippen LogP contribution in [-0.4, -0.2) is 17.6 Å². The summed E-state index contributed by atoms with van der Waals surface area (Å²) in [4.78, 5) is 10.8. The molecule has 15 heavy (non-hydrogen) atoms. The highest BCUT2D eigenvalue weighted by Gasteiger charge is 2.08. The summed E-state index contributed by atoms with van der Waals surface area (Å²) >= 11 is 0. The first kappa shape index (κ1) is 11.7. The molecule has 0 aliphatic heterocycles. The predicted molar refractivity (Wildman–Crippen MR) is 59.5 cm³/mol. The van der Waals surface area contributed by atoms with Crippen molar-refractivity contribution in [1.82, 2.24) is 0 Å². The Kier molecular flexibility index (Phi) is 3.82. The van der Waals surface area contributed by atoms with Gasteiger partial charge >= 0.3 is 0 Å². The van der Waals surface area contributed by atoms with Crippen molar-refractivity contribution in [1.29, 1.82) is 0 Å². The molecule has 0 aliphatic carbocycles. The van der Waals surface area contributed by atoms with E-state index in [-0.39, 0.29) is 18.6 Å². The van der Waals surface area contributed by atoms with Gasteiger partial charge in [0, 0.05) is 12.6 Å². The molecule has 0 unspecified atom stereocenters. The highest BCUT2D eigenvalue weighted by molar-refractivity contribution is 5.88. The fraction of sp³-hybridized carbons (Fsp3) is 0.364. The van der Waals surface area contributed by atoms with Gasteiger partial charge in [0.1, 0.15) is 0 Å². The summed E-state index contributed by atoms with van der Waals surface area (Å²) in [6, 6.07) is 5.07. The van der Waals surface area contributed by atoms with E-state index < -0.39 is 0 Å². The van der Waals surface area contributed by atoms with Gasteiger partial charge in [0.15, 0.2) is 0 Å². The van der Waals surface area contributed by atoms with Gasteiger partial charge < -0.3 is 16.2 Å². The van der Waals surface area contributed by atoms with Gasteiger partial charge in [-0.15, -0.1) is 0 Å². The van der Waals surface area contributed by atoms with Crippen molar-refractivity contribution in [3.8, 4) is 0 Å². The Morgan fingerprint density at radius 3 is 2.73 bits per heavy atom. The van der Waals surface area contributed by atoms with E-state index in [1.807, 2.05) is 19.1 Å². The number of carbonyl (C=O) groups excluding carboxylic acids is 1. The Balaban J connectivity index is 2.92. The minimum atomic E-state index is -0.364. The Labute approximate surface area is 89.1 Å². The third-order valence-electron chi connectivity index (χ3n) is 2.19. The number of aryl methyl sites for hydroxylation is 1. The van der Waals surface area contributed by atoms with Crippen LogP contribution in [0.4, 0.5) is 5.69 Å². The second-order valence-electron chi connectivity index (χ2n) is 3.54. The minimum Gasteiger partial charge on any atom is -0.394 e. The van der Waals surface area contributed by atoms with Crippen LogP contribution in [0.5, 0.6) is 0 Å². The Hall–Kier alpha value is -1.39. The predicted octanol–water partition coefficient (Wildman–Crippen LogP) is 0.946. The van der Waals surface area contributed by atoms with Gasteiger partial charge in [-0.2, -0.15) is 0 Å². The number of rotatable bonds is 3. The number of benzene rings is 1.